The van der Waals surface area contributed by atoms with Crippen LogP contribution in [0, 0.1) is 0 Å². The summed E-state index contributed by atoms with van der Waals surface area (Å²) < 4.78 is 49.0. The highest BCUT2D eigenvalue weighted by molar-refractivity contribution is 8.00. The second-order valence-corrected chi connectivity index (χ2v) is 9.21. The Morgan fingerprint density at radius 3 is 2.72 bits per heavy atom. The van der Waals surface area contributed by atoms with Crippen LogP contribution in [-0.2, 0) is 12.6 Å². The van der Waals surface area contributed by atoms with Crippen LogP contribution in [0.2, 0.25) is 0 Å². The molecule has 0 spiro atoms. The van der Waals surface area contributed by atoms with Gasteiger partial charge in [0.1, 0.15) is 17.9 Å². The fraction of sp³-hybridized carbons (Fsp3) is 0.304. The number of hydrogen-bond acceptors (Lipinski definition) is 6. The van der Waals surface area contributed by atoms with Gasteiger partial charge in [0, 0.05) is 22.6 Å². The molecule has 4 nitrogen and oxygen atoms in total. The molecular formula is C23H22F3N3OS2. The van der Waals surface area contributed by atoms with Crippen LogP contribution < -0.4 is 9.46 Å². The van der Waals surface area contributed by atoms with Crippen molar-refractivity contribution in [3.8, 4) is 5.75 Å². The van der Waals surface area contributed by atoms with Gasteiger partial charge in [-0.15, -0.1) is 0 Å². The zero-order chi connectivity index (χ0) is 22.6. The van der Waals surface area contributed by atoms with E-state index in [1.807, 2.05) is 24.5 Å². The molecule has 1 unspecified atom stereocenters. The van der Waals surface area contributed by atoms with E-state index >= 15 is 0 Å². The molecule has 1 aliphatic heterocycles. The van der Waals surface area contributed by atoms with Gasteiger partial charge < -0.3 is 9.46 Å². The SMILES string of the molecule is CSCCc1cc(C(F)(F)F)ccc1C1CCOc2cc(SNc3ccncn3)ccc21. The zero-order valence-electron chi connectivity index (χ0n) is 17.4. The topological polar surface area (TPSA) is 47.0 Å². The van der Waals surface area contributed by atoms with E-state index in [0.29, 0.717) is 18.8 Å². The van der Waals surface area contributed by atoms with E-state index in [0.717, 1.165) is 39.5 Å². The van der Waals surface area contributed by atoms with Crippen LogP contribution >= 0.6 is 23.7 Å². The Labute approximate surface area is 193 Å². The Bertz CT molecular complexity index is 1060. The van der Waals surface area contributed by atoms with E-state index in [9.17, 15) is 13.2 Å². The molecule has 1 atom stereocenters. The number of aryl methyl sites for hydroxylation is 1. The van der Waals surface area contributed by atoms with E-state index < -0.39 is 11.7 Å². The predicted octanol–water partition coefficient (Wildman–Crippen LogP) is 6.43. The van der Waals surface area contributed by atoms with E-state index in [2.05, 4.69) is 14.7 Å². The summed E-state index contributed by atoms with van der Waals surface area (Å²) in [5.41, 5.74) is 2.13. The van der Waals surface area contributed by atoms with Gasteiger partial charge in [-0.2, -0.15) is 24.9 Å². The third kappa shape index (κ3) is 5.32. The van der Waals surface area contributed by atoms with Crippen molar-refractivity contribution in [3.63, 3.8) is 0 Å². The summed E-state index contributed by atoms with van der Waals surface area (Å²) in [7, 11) is 0. The van der Waals surface area contributed by atoms with Crippen molar-refractivity contribution in [2.45, 2.75) is 29.8 Å². The van der Waals surface area contributed by atoms with E-state index in [-0.39, 0.29) is 5.92 Å². The van der Waals surface area contributed by atoms with Crippen LogP contribution in [0.1, 0.15) is 34.6 Å². The first-order chi connectivity index (χ1) is 15.5. The lowest BCUT2D eigenvalue weighted by Gasteiger charge is -2.29. The summed E-state index contributed by atoms with van der Waals surface area (Å²) in [6.07, 6.45) is 2.09. The van der Waals surface area contributed by atoms with Gasteiger partial charge in [0.25, 0.3) is 0 Å². The molecular weight excluding hydrogens is 455 g/mol. The van der Waals surface area contributed by atoms with Gasteiger partial charge in [-0.25, -0.2) is 9.97 Å². The molecule has 168 valence electrons. The van der Waals surface area contributed by atoms with Crippen molar-refractivity contribution in [3.05, 3.63) is 77.2 Å². The molecule has 2 aromatic carbocycles. The number of nitrogens with one attached hydrogen (secondary N) is 1. The fourth-order valence-corrected chi connectivity index (χ4v) is 4.84. The number of thioether (sulfide) groups is 1. The summed E-state index contributed by atoms with van der Waals surface area (Å²) in [6.45, 7) is 0.522. The summed E-state index contributed by atoms with van der Waals surface area (Å²) in [5.74, 6) is 2.25. The maximum absolute atomic E-state index is 13.3. The molecule has 1 N–H and O–H groups in total. The Kier molecular flexibility index (Phi) is 7.15. The molecule has 0 saturated carbocycles. The fourth-order valence-electron chi connectivity index (χ4n) is 3.77. The molecule has 0 fully saturated rings. The summed E-state index contributed by atoms with van der Waals surface area (Å²) >= 11 is 3.05. The van der Waals surface area contributed by atoms with Crippen molar-refractivity contribution in [1.29, 1.82) is 0 Å². The van der Waals surface area contributed by atoms with Gasteiger partial charge in [0.05, 0.1) is 12.2 Å². The minimum Gasteiger partial charge on any atom is -0.493 e. The number of rotatable bonds is 7. The maximum atomic E-state index is 13.3. The number of aromatic nitrogens is 2. The van der Waals surface area contributed by atoms with Crippen molar-refractivity contribution in [2.24, 2.45) is 0 Å². The number of anilines is 1. The van der Waals surface area contributed by atoms with E-state index in [1.165, 1.54) is 30.4 Å². The van der Waals surface area contributed by atoms with Crippen molar-refractivity contribution < 1.29 is 17.9 Å². The molecule has 32 heavy (non-hydrogen) atoms. The monoisotopic (exact) mass is 477 g/mol. The maximum Gasteiger partial charge on any atom is 0.416 e. The highest BCUT2D eigenvalue weighted by Crippen LogP contribution is 2.42. The van der Waals surface area contributed by atoms with E-state index in [1.54, 1.807) is 30.1 Å². The van der Waals surface area contributed by atoms with Crippen LogP contribution in [0.4, 0.5) is 19.0 Å². The number of fused-ring (bicyclic) bond motifs is 1. The Hall–Kier alpha value is -2.39. The summed E-state index contributed by atoms with van der Waals surface area (Å²) in [4.78, 5) is 8.99. The van der Waals surface area contributed by atoms with E-state index in [4.69, 9.17) is 4.74 Å². The highest BCUT2D eigenvalue weighted by Gasteiger charge is 2.32. The molecule has 3 aromatic rings. The lowest BCUT2D eigenvalue weighted by atomic mass is 9.83. The van der Waals surface area contributed by atoms with Crippen LogP contribution in [-0.4, -0.2) is 28.6 Å². The lowest BCUT2D eigenvalue weighted by Crippen LogP contribution is -2.17. The molecule has 1 aromatic heterocycles. The van der Waals surface area contributed by atoms with Crippen LogP contribution in [0.25, 0.3) is 0 Å². The number of benzene rings is 2. The average Bonchev–Trinajstić information content (AvgIpc) is 2.81. The first-order valence-corrected chi connectivity index (χ1v) is 12.3. The van der Waals surface area contributed by atoms with Gasteiger partial charge in [-0.3, -0.25) is 0 Å². The van der Waals surface area contributed by atoms with Crippen molar-refractivity contribution >= 4 is 29.5 Å². The summed E-state index contributed by atoms with van der Waals surface area (Å²) in [6, 6.07) is 11.9. The number of ether oxygens (including phenoxy) is 1. The minimum atomic E-state index is -4.34. The molecule has 0 aliphatic carbocycles. The standard InChI is InChI=1S/C23H22F3N3OS2/c1-31-11-8-15-12-16(23(24,25)26)2-4-18(15)19-7-10-30-21-13-17(3-5-20(19)21)32-29-22-6-9-27-14-28-22/h2-6,9,12-14,19H,7-8,10-11H2,1H3,(H,27,28,29). The van der Waals surface area contributed by atoms with Crippen LogP contribution in [0.15, 0.2) is 59.9 Å². The second-order valence-electron chi connectivity index (χ2n) is 7.34. The Morgan fingerprint density at radius 2 is 1.97 bits per heavy atom. The second kappa shape index (κ2) is 10.0. The number of nitrogens with zero attached hydrogens (tertiary/aromatic N) is 2. The number of hydrogen-bond donors (Lipinski definition) is 1. The highest BCUT2D eigenvalue weighted by atomic mass is 32.2. The average molecular weight is 478 g/mol. The third-order valence-electron chi connectivity index (χ3n) is 5.30. The first-order valence-electron chi connectivity index (χ1n) is 10.1. The summed E-state index contributed by atoms with van der Waals surface area (Å²) in [5, 5.41) is 0. The van der Waals surface area contributed by atoms with Crippen molar-refractivity contribution in [2.75, 3.05) is 23.3 Å². The Balaban J connectivity index is 1.61. The molecule has 0 amide bonds. The number of alkyl halides is 3. The first kappa shape index (κ1) is 22.8. The quantitative estimate of drug-likeness (QED) is 0.396. The van der Waals surface area contributed by atoms with Crippen LogP contribution in [0.3, 0.4) is 0 Å². The molecule has 1 aliphatic rings. The molecule has 4 rings (SSSR count). The third-order valence-corrected chi connectivity index (χ3v) is 6.71. The van der Waals surface area contributed by atoms with Gasteiger partial charge in [-0.1, -0.05) is 12.1 Å². The molecule has 2 heterocycles. The lowest BCUT2D eigenvalue weighted by molar-refractivity contribution is -0.137. The minimum absolute atomic E-state index is 0.00626. The largest absolute Gasteiger partial charge is 0.493 e. The zero-order valence-corrected chi connectivity index (χ0v) is 19.0. The molecule has 9 heteroatoms. The van der Waals surface area contributed by atoms with Gasteiger partial charge in [0.15, 0.2) is 0 Å². The van der Waals surface area contributed by atoms with Crippen molar-refractivity contribution in [1.82, 2.24) is 9.97 Å². The molecule has 0 radical (unpaired) electrons. The predicted molar refractivity (Wildman–Crippen MR) is 123 cm³/mol. The molecule has 0 saturated heterocycles. The number of halogens is 3. The smallest absolute Gasteiger partial charge is 0.416 e. The van der Waals surface area contributed by atoms with Crippen LogP contribution in [0.5, 0.6) is 5.75 Å². The molecule has 0 bridgehead atoms. The van der Waals surface area contributed by atoms with Gasteiger partial charge >= 0.3 is 6.18 Å². The Morgan fingerprint density at radius 1 is 1.12 bits per heavy atom. The van der Waals surface area contributed by atoms with Gasteiger partial charge in [-0.05, 0) is 78.3 Å². The van der Waals surface area contributed by atoms with Gasteiger partial charge in [0.2, 0.25) is 0 Å². The normalized spacial score (nSPS) is 15.7.